The molecule has 470 valence electrons. The second-order valence-electron chi connectivity index (χ2n) is 25.8. The molecule has 0 unspecified atom stereocenters. The van der Waals surface area contributed by atoms with Crippen molar-refractivity contribution in [2.24, 2.45) is 0 Å². The first-order valence-electron chi connectivity index (χ1n) is 34.3. The van der Waals surface area contributed by atoms with Gasteiger partial charge in [-0.15, -0.1) is 0 Å². The zero-order valence-electron chi connectivity index (χ0n) is 54.8. The van der Waals surface area contributed by atoms with Crippen molar-refractivity contribution in [3.63, 3.8) is 0 Å². The first-order valence-corrected chi connectivity index (χ1v) is 34.3. The van der Waals surface area contributed by atoms with Gasteiger partial charge in [-0.2, -0.15) is 5.26 Å². The lowest BCUT2D eigenvalue weighted by Gasteiger charge is -2.27. The standard InChI is InChI=1S/C95H60N6/c96-61-80-91(66-45-51-71(52-46-66)99-85-39-19-13-33-74(85)75-34-14-20-40-86(75)99)93(67-47-53-72(54-48-67)100-87-41-21-15-35-76(87)77-36-16-22-42-88(77)100)94(68-49-55-73(56-50-68)101-89-43-23-17-37-78(89)79-38-18-24-44-90(79)101)95(70-59-83(64-29-9-3-10-30-64)98-84(60-70)65-31-11-4-12-32-65)92(80)69-57-81(62-25-5-1-6-26-62)97-82(58-69)63-27-7-2-8-28-63/h1-60H. The molecule has 0 spiro atoms. The number of benzene rings is 14. The van der Waals surface area contributed by atoms with Gasteiger partial charge in [0.1, 0.15) is 6.07 Å². The zero-order valence-corrected chi connectivity index (χ0v) is 54.8. The van der Waals surface area contributed by atoms with Gasteiger partial charge in [-0.25, -0.2) is 9.97 Å². The van der Waals surface area contributed by atoms with Crippen molar-refractivity contribution in [3.05, 3.63) is 370 Å². The van der Waals surface area contributed by atoms with Crippen LogP contribution >= 0.6 is 0 Å². The number of fused-ring (bicyclic) bond motifs is 9. The van der Waals surface area contributed by atoms with Crippen LogP contribution in [0, 0.1) is 11.3 Å². The van der Waals surface area contributed by atoms with Crippen LogP contribution in [0.3, 0.4) is 0 Å². The van der Waals surface area contributed by atoms with E-state index in [1.807, 2.05) is 12.1 Å². The van der Waals surface area contributed by atoms with Crippen molar-refractivity contribution in [2.45, 2.75) is 0 Å². The van der Waals surface area contributed by atoms with E-state index in [0.717, 1.165) is 151 Å². The third-order valence-electron chi connectivity index (χ3n) is 20.1. The van der Waals surface area contributed by atoms with Crippen molar-refractivity contribution in [3.8, 4) is 124 Å². The number of pyridine rings is 2. The first-order chi connectivity index (χ1) is 50.1. The third-order valence-corrected chi connectivity index (χ3v) is 20.1. The average Bonchev–Trinajstić information content (AvgIpc) is 1.46. The number of rotatable bonds is 12. The smallest absolute Gasteiger partial charge is 0.100 e. The van der Waals surface area contributed by atoms with Crippen LogP contribution in [-0.2, 0) is 0 Å². The number of aromatic nitrogens is 5. The van der Waals surface area contributed by atoms with Crippen LogP contribution in [0.25, 0.3) is 183 Å². The van der Waals surface area contributed by atoms with Crippen molar-refractivity contribution < 1.29 is 0 Å². The molecule has 0 fully saturated rings. The Kier molecular flexibility index (Phi) is 14.2. The molecule has 19 aromatic rings. The second kappa shape index (κ2) is 24.4. The SMILES string of the molecule is N#Cc1c(-c2ccc(-n3c4ccccc4c4ccccc43)cc2)c(-c2ccc(-n3c4ccccc4c4ccccc43)cc2)c(-c2ccc(-n3c4ccccc4c4ccccc43)cc2)c(-c2cc(-c3ccccc3)nc(-c3ccccc3)c2)c1-c1cc(-c2ccccc2)nc(-c2ccccc2)c1. The van der Waals surface area contributed by atoms with Gasteiger partial charge < -0.3 is 13.7 Å². The third kappa shape index (κ3) is 9.94. The van der Waals surface area contributed by atoms with Crippen molar-refractivity contribution in [1.82, 2.24) is 23.7 Å². The maximum Gasteiger partial charge on any atom is 0.100 e. The zero-order chi connectivity index (χ0) is 66.9. The minimum absolute atomic E-state index is 0.514. The summed E-state index contributed by atoms with van der Waals surface area (Å²) in [6.07, 6.45) is 0. The predicted octanol–water partition coefficient (Wildman–Crippen LogP) is 24.6. The molecule has 0 aliphatic heterocycles. The number of hydrogen-bond acceptors (Lipinski definition) is 3. The Balaban J connectivity index is 0.979. The number of para-hydroxylation sites is 6. The molecule has 0 saturated carbocycles. The summed E-state index contributed by atoms with van der Waals surface area (Å²) in [6.45, 7) is 0. The fraction of sp³-hybridized carbons (Fsp3) is 0. The van der Waals surface area contributed by atoms with Gasteiger partial charge in [-0.3, -0.25) is 0 Å². The molecule has 6 nitrogen and oxygen atoms in total. The fourth-order valence-corrected chi connectivity index (χ4v) is 15.6. The molecule has 5 aromatic heterocycles. The van der Waals surface area contributed by atoms with E-state index < -0.39 is 0 Å². The van der Waals surface area contributed by atoms with Crippen LogP contribution in [0.15, 0.2) is 364 Å². The Morgan fingerprint density at radius 3 is 0.673 bits per heavy atom. The highest BCUT2D eigenvalue weighted by atomic mass is 15.0. The molecule has 0 amide bonds. The van der Waals surface area contributed by atoms with Crippen LogP contribution in [0.4, 0.5) is 0 Å². The second-order valence-corrected chi connectivity index (χ2v) is 25.8. The van der Waals surface area contributed by atoms with E-state index in [9.17, 15) is 5.26 Å². The van der Waals surface area contributed by atoms with E-state index in [0.29, 0.717) is 5.56 Å². The molecule has 5 heterocycles. The van der Waals surface area contributed by atoms with E-state index in [2.05, 4.69) is 372 Å². The van der Waals surface area contributed by atoms with Crippen LogP contribution in [0.2, 0.25) is 0 Å². The molecule has 0 saturated heterocycles. The van der Waals surface area contributed by atoms with E-state index in [1.165, 1.54) is 32.3 Å². The largest absolute Gasteiger partial charge is 0.309 e. The molecule has 0 atom stereocenters. The van der Waals surface area contributed by atoms with Gasteiger partial charge in [-0.05, 0) is 142 Å². The maximum atomic E-state index is 13.0. The lowest BCUT2D eigenvalue weighted by atomic mass is 9.75. The Morgan fingerprint density at radius 1 is 0.198 bits per heavy atom. The van der Waals surface area contributed by atoms with E-state index in [1.54, 1.807) is 0 Å². The average molecular weight is 1290 g/mol. The lowest BCUT2D eigenvalue weighted by Crippen LogP contribution is -2.04. The van der Waals surface area contributed by atoms with Gasteiger partial charge in [0.05, 0.1) is 61.4 Å². The lowest BCUT2D eigenvalue weighted by molar-refractivity contribution is 1.18. The summed E-state index contributed by atoms with van der Waals surface area (Å²) in [4.78, 5) is 11.1. The maximum absolute atomic E-state index is 13.0. The molecule has 0 radical (unpaired) electrons. The van der Waals surface area contributed by atoms with Crippen molar-refractivity contribution in [1.29, 1.82) is 5.26 Å². The minimum Gasteiger partial charge on any atom is -0.309 e. The molecular formula is C95H60N6. The van der Waals surface area contributed by atoms with Crippen LogP contribution in [-0.4, -0.2) is 23.7 Å². The van der Waals surface area contributed by atoms with Crippen LogP contribution in [0.1, 0.15) is 5.56 Å². The molecule has 0 N–H and O–H groups in total. The van der Waals surface area contributed by atoms with E-state index >= 15 is 0 Å². The summed E-state index contributed by atoms with van der Waals surface area (Å²) < 4.78 is 7.11. The molecule has 14 aromatic carbocycles. The Bertz CT molecular complexity index is 6180. The minimum atomic E-state index is 0.514. The van der Waals surface area contributed by atoms with E-state index in [-0.39, 0.29) is 0 Å². The topological polar surface area (TPSA) is 64.4 Å². The molecule has 0 bridgehead atoms. The van der Waals surface area contributed by atoms with Crippen molar-refractivity contribution >= 4 is 65.4 Å². The number of nitriles is 1. The highest BCUT2D eigenvalue weighted by Crippen LogP contribution is 2.55. The summed E-state index contributed by atoms with van der Waals surface area (Å²) >= 11 is 0. The van der Waals surface area contributed by atoms with Gasteiger partial charge in [-0.1, -0.05) is 267 Å². The molecule has 6 heteroatoms. The van der Waals surface area contributed by atoms with Gasteiger partial charge in [0.15, 0.2) is 0 Å². The van der Waals surface area contributed by atoms with Crippen molar-refractivity contribution in [2.75, 3.05) is 0 Å². The normalized spacial score (nSPS) is 11.6. The van der Waals surface area contributed by atoms with E-state index in [4.69, 9.17) is 9.97 Å². The fourth-order valence-electron chi connectivity index (χ4n) is 15.6. The summed E-state index contributed by atoms with van der Waals surface area (Å²) in [7, 11) is 0. The Morgan fingerprint density at radius 2 is 0.406 bits per heavy atom. The Hall–Kier alpha value is -13.7. The molecule has 0 aliphatic carbocycles. The molecule has 19 rings (SSSR count). The predicted molar refractivity (Wildman–Crippen MR) is 419 cm³/mol. The quantitative estimate of drug-likeness (QED) is 0.122. The molecular weight excluding hydrogens is 1230 g/mol. The highest BCUT2D eigenvalue weighted by molar-refractivity contribution is 6.14. The number of nitrogens with zero attached hydrogens (tertiary/aromatic N) is 6. The van der Waals surface area contributed by atoms with Gasteiger partial charge >= 0.3 is 0 Å². The molecule has 0 aliphatic rings. The summed E-state index contributed by atoms with van der Waals surface area (Å²) in [5.74, 6) is 0. The van der Waals surface area contributed by atoms with Crippen LogP contribution in [0.5, 0.6) is 0 Å². The summed E-state index contributed by atoms with van der Waals surface area (Å²) in [5, 5.41) is 20.1. The van der Waals surface area contributed by atoms with Crippen LogP contribution < -0.4 is 0 Å². The van der Waals surface area contributed by atoms with Gasteiger partial charge in [0, 0.05) is 82.8 Å². The first kappa shape index (κ1) is 58.6. The monoisotopic (exact) mass is 1280 g/mol. The van der Waals surface area contributed by atoms with Gasteiger partial charge in [0.25, 0.3) is 0 Å². The summed E-state index contributed by atoms with van der Waals surface area (Å²) in [5.41, 5.74) is 26.1. The number of hydrogen-bond donors (Lipinski definition) is 0. The molecule has 101 heavy (non-hydrogen) atoms. The Labute approximate surface area is 584 Å². The highest BCUT2D eigenvalue weighted by Gasteiger charge is 2.31. The van der Waals surface area contributed by atoms with Gasteiger partial charge in [0.2, 0.25) is 0 Å². The summed E-state index contributed by atoms with van der Waals surface area (Å²) in [6, 6.07) is 133.